The van der Waals surface area contributed by atoms with Gasteiger partial charge in [0.1, 0.15) is 19.3 Å². The Balaban J connectivity index is 2.30. The molecule has 7 heteroatoms. The van der Waals surface area contributed by atoms with Crippen molar-refractivity contribution in [2.45, 2.75) is 5.92 Å². The summed E-state index contributed by atoms with van der Waals surface area (Å²) in [4.78, 5) is 7.51. The molecule has 2 rings (SSSR count). The monoisotopic (exact) mass is 226 g/mol. The van der Waals surface area contributed by atoms with Crippen molar-refractivity contribution in [3.8, 4) is 5.82 Å². The molecule has 0 aromatic carbocycles. The molecule has 2 aromatic rings. The van der Waals surface area contributed by atoms with Gasteiger partial charge in [0.05, 0.1) is 0 Å². The molecule has 0 unspecified atom stereocenters. The molecule has 0 aliphatic rings. The highest BCUT2D eigenvalue weighted by atomic mass is 19.3. The van der Waals surface area contributed by atoms with Gasteiger partial charge in [-0.05, 0) is 12.1 Å². The summed E-state index contributed by atoms with van der Waals surface area (Å²) in [5.41, 5.74) is -0.334. The number of alkyl halides is 2. The van der Waals surface area contributed by atoms with Crippen LogP contribution in [0, 0.1) is 0 Å². The van der Waals surface area contributed by atoms with Gasteiger partial charge < -0.3 is 5.11 Å². The lowest BCUT2D eigenvalue weighted by atomic mass is 10.1. The van der Waals surface area contributed by atoms with Crippen LogP contribution in [0.15, 0.2) is 31.0 Å². The summed E-state index contributed by atoms with van der Waals surface area (Å²) in [6, 6.07) is 2.58. The average molecular weight is 226 g/mol. The molecule has 0 aliphatic carbocycles. The van der Waals surface area contributed by atoms with Gasteiger partial charge in [0, 0.05) is 11.8 Å². The highest BCUT2D eigenvalue weighted by Gasteiger charge is 2.30. The first kappa shape index (κ1) is 10.6. The number of rotatable bonds is 3. The zero-order chi connectivity index (χ0) is 11.6. The Morgan fingerprint density at radius 1 is 1.38 bits per heavy atom. The standard InChI is InChI=1S/C9H8F2N4O/c10-9(11,4-16)7-1-2-8(13-3-7)15-6-12-5-14-15/h1-3,5-6,16H,4H2. The molecule has 0 atom stereocenters. The lowest BCUT2D eigenvalue weighted by molar-refractivity contribution is -0.0558. The molecular formula is C9H8F2N4O. The summed E-state index contributed by atoms with van der Waals surface area (Å²) in [7, 11) is 0. The molecular weight excluding hydrogens is 218 g/mol. The molecule has 0 radical (unpaired) electrons. The van der Waals surface area contributed by atoms with Gasteiger partial charge >= 0.3 is 0 Å². The maximum Gasteiger partial charge on any atom is 0.297 e. The molecule has 2 heterocycles. The largest absolute Gasteiger partial charge is 0.390 e. The molecule has 0 bridgehead atoms. The van der Waals surface area contributed by atoms with Crippen LogP contribution in [0.1, 0.15) is 5.56 Å². The van der Waals surface area contributed by atoms with Crippen LogP contribution in [-0.2, 0) is 5.92 Å². The molecule has 2 aromatic heterocycles. The smallest absolute Gasteiger partial charge is 0.297 e. The van der Waals surface area contributed by atoms with Crippen LogP contribution < -0.4 is 0 Å². The second-order valence-corrected chi connectivity index (χ2v) is 3.11. The van der Waals surface area contributed by atoms with E-state index in [0.29, 0.717) is 5.82 Å². The first-order valence-electron chi connectivity index (χ1n) is 4.44. The number of pyridine rings is 1. The van der Waals surface area contributed by atoms with Gasteiger partial charge in [0.2, 0.25) is 0 Å². The van der Waals surface area contributed by atoms with Crippen LogP contribution in [-0.4, -0.2) is 31.5 Å². The van der Waals surface area contributed by atoms with Crippen LogP contribution in [0.2, 0.25) is 0 Å². The summed E-state index contributed by atoms with van der Waals surface area (Å²) >= 11 is 0. The number of nitrogens with zero attached hydrogens (tertiary/aromatic N) is 4. The summed E-state index contributed by atoms with van der Waals surface area (Å²) in [6.45, 7) is -1.24. The van der Waals surface area contributed by atoms with E-state index in [0.717, 1.165) is 6.20 Å². The third-order valence-electron chi connectivity index (χ3n) is 2.02. The van der Waals surface area contributed by atoms with Crippen molar-refractivity contribution in [1.29, 1.82) is 0 Å². The number of aliphatic hydroxyl groups is 1. The van der Waals surface area contributed by atoms with Crippen LogP contribution >= 0.6 is 0 Å². The number of hydrogen-bond acceptors (Lipinski definition) is 4. The number of halogens is 2. The minimum Gasteiger partial charge on any atom is -0.390 e. The fourth-order valence-electron chi connectivity index (χ4n) is 1.16. The number of aliphatic hydroxyl groups excluding tert-OH is 1. The molecule has 0 aliphatic heterocycles. The zero-order valence-corrected chi connectivity index (χ0v) is 8.09. The van der Waals surface area contributed by atoms with Crippen molar-refractivity contribution in [2.24, 2.45) is 0 Å². The Kier molecular flexibility index (Phi) is 2.61. The predicted octanol–water partition coefficient (Wildman–Crippen LogP) is 0.746. The molecule has 16 heavy (non-hydrogen) atoms. The SMILES string of the molecule is OCC(F)(F)c1ccc(-n2cncn2)nc1. The fraction of sp³-hybridized carbons (Fsp3) is 0.222. The maximum absolute atomic E-state index is 13.0. The van der Waals surface area contributed by atoms with E-state index in [1.807, 2.05) is 0 Å². The van der Waals surface area contributed by atoms with Gasteiger partial charge in [-0.2, -0.15) is 13.9 Å². The Morgan fingerprint density at radius 2 is 2.19 bits per heavy atom. The van der Waals surface area contributed by atoms with E-state index >= 15 is 0 Å². The van der Waals surface area contributed by atoms with Crippen molar-refractivity contribution in [1.82, 2.24) is 19.7 Å². The minimum atomic E-state index is -3.27. The Morgan fingerprint density at radius 3 is 2.69 bits per heavy atom. The first-order valence-corrected chi connectivity index (χ1v) is 4.44. The third-order valence-corrected chi connectivity index (χ3v) is 2.02. The molecule has 0 fully saturated rings. The van der Waals surface area contributed by atoms with Gasteiger partial charge in [0.15, 0.2) is 5.82 Å². The van der Waals surface area contributed by atoms with E-state index in [2.05, 4.69) is 15.1 Å². The van der Waals surface area contributed by atoms with Crippen LogP contribution in [0.5, 0.6) is 0 Å². The third kappa shape index (κ3) is 1.89. The lowest BCUT2D eigenvalue weighted by Gasteiger charge is -2.12. The Bertz CT molecular complexity index is 455. The molecule has 0 saturated heterocycles. The van der Waals surface area contributed by atoms with Gasteiger partial charge in [-0.1, -0.05) is 0 Å². The number of aromatic nitrogens is 4. The summed E-state index contributed by atoms with van der Waals surface area (Å²) in [6.07, 6.45) is 3.73. The Labute approximate surface area is 89.4 Å². The van der Waals surface area contributed by atoms with E-state index < -0.39 is 12.5 Å². The van der Waals surface area contributed by atoms with E-state index in [9.17, 15) is 8.78 Å². The summed E-state index contributed by atoms with van der Waals surface area (Å²) in [5, 5.41) is 12.3. The molecule has 0 saturated carbocycles. The van der Waals surface area contributed by atoms with Crippen molar-refractivity contribution in [2.75, 3.05) is 6.61 Å². The predicted molar refractivity (Wildman–Crippen MR) is 50.1 cm³/mol. The molecule has 0 spiro atoms. The second kappa shape index (κ2) is 3.93. The highest BCUT2D eigenvalue weighted by molar-refractivity contribution is 5.26. The summed E-state index contributed by atoms with van der Waals surface area (Å²) < 4.78 is 27.4. The van der Waals surface area contributed by atoms with Crippen LogP contribution in [0.4, 0.5) is 8.78 Å². The molecule has 0 amide bonds. The molecule has 84 valence electrons. The van der Waals surface area contributed by atoms with E-state index in [1.54, 1.807) is 0 Å². The second-order valence-electron chi connectivity index (χ2n) is 3.11. The van der Waals surface area contributed by atoms with Gasteiger partial charge in [-0.25, -0.2) is 14.6 Å². The van der Waals surface area contributed by atoms with Crippen molar-refractivity contribution >= 4 is 0 Å². The van der Waals surface area contributed by atoms with Gasteiger partial charge in [-0.3, -0.25) is 0 Å². The average Bonchev–Trinajstić information content (AvgIpc) is 2.83. The van der Waals surface area contributed by atoms with E-state index in [-0.39, 0.29) is 5.56 Å². The van der Waals surface area contributed by atoms with Crippen molar-refractivity contribution in [3.63, 3.8) is 0 Å². The minimum absolute atomic E-state index is 0.334. The number of hydrogen-bond donors (Lipinski definition) is 1. The topological polar surface area (TPSA) is 63.8 Å². The quantitative estimate of drug-likeness (QED) is 0.838. The Hall–Kier alpha value is -1.89. The molecule has 5 nitrogen and oxygen atoms in total. The van der Waals surface area contributed by atoms with Gasteiger partial charge in [0.25, 0.3) is 5.92 Å². The normalized spacial score (nSPS) is 11.7. The fourth-order valence-corrected chi connectivity index (χ4v) is 1.16. The van der Waals surface area contributed by atoms with Gasteiger partial charge in [-0.15, -0.1) is 0 Å². The zero-order valence-electron chi connectivity index (χ0n) is 8.09. The maximum atomic E-state index is 13.0. The van der Waals surface area contributed by atoms with E-state index in [1.165, 1.54) is 29.5 Å². The first-order chi connectivity index (χ1) is 7.63. The highest BCUT2D eigenvalue weighted by Crippen LogP contribution is 2.26. The summed E-state index contributed by atoms with van der Waals surface area (Å²) in [5.74, 6) is -2.89. The lowest BCUT2D eigenvalue weighted by Crippen LogP contribution is -2.18. The van der Waals surface area contributed by atoms with E-state index in [4.69, 9.17) is 5.11 Å². The van der Waals surface area contributed by atoms with Crippen LogP contribution in [0.3, 0.4) is 0 Å². The van der Waals surface area contributed by atoms with Crippen LogP contribution in [0.25, 0.3) is 5.82 Å². The van der Waals surface area contributed by atoms with Crippen molar-refractivity contribution in [3.05, 3.63) is 36.5 Å². The molecule has 1 N–H and O–H groups in total. The van der Waals surface area contributed by atoms with Crippen molar-refractivity contribution < 1.29 is 13.9 Å².